The van der Waals surface area contributed by atoms with E-state index in [1.807, 2.05) is 0 Å². The Hall–Kier alpha value is -6.06. The summed E-state index contributed by atoms with van der Waals surface area (Å²) in [5.74, 6) is 1.51. The SMILES string of the molecule is CC1C=C2C(CC1)c1ccccc1N2c1cccc(-c2ccccc2-n2c3c(c4cc5c(cc42)c2ccccc2n5-c2ccccc2)C=CC(C)C3)c1. The van der Waals surface area contributed by atoms with Crippen LogP contribution in [-0.4, -0.2) is 9.13 Å². The second kappa shape index (κ2) is 11.7. The van der Waals surface area contributed by atoms with Gasteiger partial charge in [-0.15, -0.1) is 0 Å². The molecule has 0 saturated carbocycles. The molecule has 3 atom stereocenters. The minimum atomic E-state index is 0.462. The summed E-state index contributed by atoms with van der Waals surface area (Å²) in [6.45, 7) is 4.70. The molecule has 0 radical (unpaired) electrons. The van der Waals surface area contributed by atoms with Crippen LogP contribution in [0.15, 0.2) is 157 Å². The first kappa shape index (κ1) is 30.6. The maximum absolute atomic E-state index is 2.59. The van der Waals surface area contributed by atoms with Crippen molar-refractivity contribution in [1.29, 1.82) is 0 Å². The fourth-order valence-corrected chi connectivity index (χ4v) is 9.73. The van der Waals surface area contributed by atoms with Gasteiger partial charge in [-0.05, 0) is 96.8 Å². The van der Waals surface area contributed by atoms with Gasteiger partial charge in [0.25, 0.3) is 0 Å². The molecule has 6 aromatic carbocycles. The summed E-state index contributed by atoms with van der Waals surface area (Å²) in [5, 5.41) is 3.86. The summed E-state index contributed by atoms with van der Waals surface area (Å²) in [5.41, 5.74) is 16.8. The lowest BCUT2D eigenvalue weighted by Gasteiger charge is -2.28. The quantitative estimate of drug-likeness (QED) is 0.180. The summed E-state index contributed by atoms with van der Waals surface area (Å²) in [6.07, 6.45) is 10.7. The highest BCUT2D eigenvalue weighted by atomic mass is 15.2. The van der Waals surface area contributed by atoms with E-state index >= 15 is 0 Å². The maximum atomic E-state index is 2.59. The smallest absolute Gasteiger partial charge is 0.0548 e. The van der Waals surface area contributed by atoms with Crippen LogP contribution in [0.25, 0.3) is 61.3 Å². The molecular weight excluding hydrogens is 643 g/mol. The molecule has 1 aliphatic heterocycles. The van der Waals surface area contributed by atoms with Crippen molar-refractivity contribution in [3.63, 3.8) is 0 Å². The first-order chi connectivity index (χ1) is 26.1. The second-order valence-electron chi connectivity index (χ2n) is 15.5. The van der Waals surface area contributed by atoms with E-state index in [-0.39, 0.29) is 0 Å². The minimum Gasteiger partial charge on any atom is -0.314 e. The Labute approximate surface area is 310 Å². The van der Waals surface area contributed by atoms with Crippen LogP contribution >= 0.6 is 0 Å². The molecule has 2 aromatic heterocycles. The molecule has 3 unspecified atom stereocenters. The third kappa shape index (κ3) is 4.59. The van der Waals surface area contributed by atoms with Crippen molar-refractivity contribution < 1.29 is 0 Å². The maximum Gasteiger partial charge on any atom is 0.0548 e. The molecule has 0 spiro atoms. The lowest BCUT2D eigenvalue weighted by Crippen LogP contribution is -2.18. The number of para-hydroxylation sites is 4. The zero-order valence-corrected chi connectivity index (χ0v) is 30.2. The number of fused-ring (bicyclic) bond motifs is 9. The van der Waals surface area contributed by atoms with Gasteiger partial charge in [-0.2, -0.15) is 0 Å². The van der Waals surface area contributed by atoms with Crippen molar-refractivity contribution >= 4 is 50.2 Å². The van der Waals surface area contributed by atoms with Crippen molar-refractivity contribution in [2.45, 2.75) is 39.0 Å². The predicted octanol–water partition coefficient (Wildman–Crippen LogP) is 13.1. The van der Waals surface area contributed by atoms with Crippen LogP contribution in [0.1, 0.15) is 49.4 Å². The van der Waals surface area contributed by atoms with Crippen LogP contribution < -0.4 is 4.90 Å². The van der Waals surface area contributed by atoms with Crippen LogP contribution in [0, 0.1) is 11.8 Å². The van der Waals surface area contributed by atoms with Gasteiger partial charge in [0.05, 0.1) is 22.2 Å². The van der Waals surface area contributed by atoms with Crippen LogP contribution in [0.2, 0.25) is 0 Å². The highest BCUT2D eigenvalue weighted by molar-refractivity contribution is 6.15. The number of anilines is 2. The molecule has 0 bridgehead atoms. The van der Waals surface area contributed by atoms with Gasteiger partial charge in [-0.25, -0.2) is 0 Å². The number of nitrogens with zero attached hydrogens (tertiary/aromatic N) is 3. The van der Waals surface area contributed by atoms with Gasteiger partial charge in [0.1, 0.15) is 0 Å². The summed E-state index contributed by atoms with van der Waals surface area (Å²) < 4.78 is 5.03. The Morgan fingerprint density at radius 1 is 0.547 bits per heavy atom. The Morgan fingerprint density at radius 2 is 1.28 bits per heavy atom. The average Bonchev–Trinajstić information content (AvgIpc) is 3.81. The number of hydrogen-bond donors (Lipinski definition) is 0. The molecule has 256 valence electrons. The van der Waals surface area contributed by atoms with Crippen molar-refractivity contribution in [2.24, 2.45) is 11.8 Å². The van der Waals surface area contributed by atoms with Gasteiger partial charge >= 0.3 is 0 Å². The lowest BCUT2D eigenvalue weighted by molar-refractivity contribution is 0.531. The van der Waals surface area contributed by atoms with E-state index in [1.54, 1.807) is 0 Å². The van der Waals surface area contributed by atoms with E-state index in [4.69, 9.17) is 0 Å². The summed E-state index contributed by atoms with van der Waals surface area (Å²) in [7, 11) is 0. The first-order valence-corrected chi connectivity index (χ1v) is 19.3. The molecule has 0 fully saturated rings. The number of rotatable bonds is 4. The number of hydrogen-bond acceptors (Lipinski definition) is 1. The van der Waals surface area contributed by atoms with Gasteiger partial charge in [0, 0.05) is 61.7 Å². The molecule has 53 heavy (non-hydrogen) atoms. The summed E-state index contributed by atoms with van der Waals surface area (Å²) in [6, 6.07) is 51.9. The van der Waals surface area contributed by atoms with Crippen LogP contribution in [0.3, 0.4) is 0 Å². The Kier molecular flexibility index (Phi) is 6.76. The molecule has 2 aliphatic carbocycles. The van der Waals surface area contributed by atoms with Gasteiger partial charge < -0.3 is 14.0 Å². The topological polar surface area (TPSA) is 13.1 Å². The third-order valence-corrected chi connectivity index (χ3v) is 12.1. The van der Waals surface area contributed by atoms with Crippen molar-refractivity contribution in [1.82, 2.24) is 9.13 Å². The Balaban J connectivity index is 1.14. The zero-order chi connectivity index (χ0) is 35.2. The molecule has 3 heteroatoms. The molecular formula is C50H41N3. The molecule has 8 aromatic rings. The fraction of sp³-hybridized carbons (Fsp3) is 0.160. The van der Waals surface area contributed by atoms with E-state index < -0.39 is 0 Å². The average molecular weight is 684 g/mol. The fourth-order valence-electron chi connectivity index (χ4n) is 9.73. The van der Waals surface area contributed by atoms with Gasteiger partial charge in [-0.3, -0.25) is 0 Å². The van der Waals surface area contributed by atoms with Crippen molar-refractivity contribution in [2.75, 3.05) is 4.90 Å². The number of aromatic nitrogens is 2. The third-order valence-electron chi connectivity index (χ3n) is 12.1. The zero-order valence-electron chi connectivity index (χ0n) is 30.2. The Morgan fingerprint density at radius 3 is 2.19 bits per heavy atom. The largest absolute Gasteiger partial charge is 0.314 e. The Bertz CT molecular complexity index is 2810. The highest BCUT2D eigenvalue weighted by Gasteiger charge is 2.37. The molecule has 11 rings (SSSR count). The van der Waals surface area contributed by atoms with E-state index in [9.17, 15) is 0 Å². The van der Waals surface area contributed by atoms with Gasteiger partial charge in [-0.1, -0.05) is 117 Å². The molecule has 0 saturated heterocycles. The van der Waals surface area contributed by atoms with E-state index in [1.165, 1.54) is 102 Å². The summed E-state index contributed by atoms with van der Waals surface area (Å²) in [4.78, 5) is 2.54. The second-order valence-corrected chi connectivity index (χ2v) is 15.5. The monoisotopic (exact) mass is 683 g/mol. The van der Waals surface area contributed by atoms with Crippen molar-refractivity contribution in [3.8, 4) is 22.5 Å². The molecule has 0 amide bonds. The van der Waals surface area contributed by atoms with E-state index in [2.05, 4.69) is 186 Å². The summed E-state index contributed by atoms with van der Waals surface area (Å²) >= 11 is 0. The lowest BCUT2D eigenvalue weighted by atomic mass is 9.84. The standard InChI is InChI=1S/C50H41N3/c1-32-23-25-40-38-18-7-10-21-45(38)52(47(40)27-32)36-16-12-13-34(29-36)37-17-6-9-20-44(37)53-48-28-33(2)24-26-41(48)43-30-49-42(31-50(43)53)39-19-8-11-22-46(39)51(49)35-14-4-3-5-15-35/h3-22,24,26-27,29-33,40H,23,25,28H2,1-2H3. The van der Waals surface area contributed by atoms with Gasteiger partial charge in [0.2, 0.25) is 0 Å². The molecule has 3 aliphatic rings. The molecule has 3 heterocycles. The molecule has 3 nitrogen and oxygen atoms in total. The van der Waals surface area contributed by atoms with Crippen LogP contribution in [-0.2, 0) is 6.42 Å². The van der Waals surface area contributed by atoms with E-state index in [0.717, 1.165) is 6.42 Å². The van der Waals surface area contributed by atoms with Crippen LogP contribution in [0.4, 0.5) is 11.4 Å². The van der Waals surface area contributed by atoms with Crippen molar-refractivity contribution in [3.05, 3.63) is 174 Å². The minimum absolute atomic E-state index is 0.462. The van der Waals surface area contributed by atoms with Crippen LogP contribution in [0.5, 0.6) is 0 Å². The molecule has 0 N–H and O–H groups in total. The number of benzene rings is 6. The van der Waals surface area contributed by atoms with E-state index in [0.29, 0.717) is 17.8 Å². The first-order valence-electron chi connectivity index (χ1n) is 19.3. The number of allylic oxidation sites excluding steroid dienone is 3. The normalized spacial score (nSPS) is 19.1. The highest BCUT2D eigenvalue weighted by Crippen LogP contribution is 2.52. The van der Waals surface area contributed by atoms with Gasteiger partial charge in [0.15, 0.2) is 0 Å². The predicted molar refractivity (Wildman–Crippen MR) is 223 cm³/mol.